The van der Waals surface area contributed by atoms with Crippen LogP contribution in [0.15, 0.2) is 190 Å². The van der Waals surface area contributed by atoms with E-state index < -0.39 is 23.0 Å². The molecule has 1 aliphatic rings. The lowest BCUT2D eigenvalue weighted by atomic mass is 10.1. The second-order valence-electron chi connectivity index (χ2n) is 15.5. The largest absolute Gasteiger partial charge is 0.460 e. The summed E-state index contributed by atoms with van der Waals surface area (Å²) in [6.45, 7) is 9.74. The normalized spacial score (nSPS) is 17.1. The molecule has 6 N–H and O–H groups in total. The van der Waals surface area contributed by atoms with Crippen LogP contribution in [0.5, 0.6) is 34.5 Å². The highest BCUT2D eigenvalue weighted by molar-refractivity contribution is 7.79. The first-order valence-electron chi connectivity index (χ1n) is 21.5. The maximum absolute atomic E-state index is 9.58. The van der Waals surface area contributed by atoms with Crippen molar-refractivity contribution in [3.8, 4) is 34.5 Å². The van der Waals surface area contributed by atoms with Crippen LogP contribution in [0.1, 0.15) is 74.9 Å². The van der Waals surface area contributed by atoms with Gasteiger partial charge in [-0.3, -0.25) is 0 Å². The minimum absolute atomic E-state index is 0.167. The Kier molecular flexibility index (Phi) is 16.1. The molecule has 0 saturated carbocycles. The lowest BCUT2D eigenvalue weighted by molar-refractivity contribution is 0.319. The summed E-state index contributed by atoms with van der Waals surface area (Å²) in [6.07, 6.45) is 0. The van der Waals surface area contributed by atoms with Crippen LogP contribution in [0, 0.1) is 0 Å². The van der Waals surface area contributed by atoms with E-state index in [4.69, 9.17) is 40.7 Å². The second-order valence-corrected chi connectivity index (χ2v) is 21.7. The number of rotatable bonds is 18. The van der Waals surface area contributed by atoms with Gasteiger partial charge in [0, 0.05) is 0 Å². The molecule has 0 spiro atoms. The van der Waals surface area contributed by atoms with Gasteiger partial charge in [0.1, 0.15) is 34.5 Å². The third-order valence-corrected chi connectivity index (χ3v) is 18.7. The summed E-state index contributed by atoms with van der Waals surface area (Å²) in [5, 5.41) is 77.4. The number of oxime groups is 6. The molecule has 6 aromatic carbocycles. The maximum Gasteiger partial charge on any atom is 0.460 e. The highest BCUT2D eigenvalue weighted by Crippen LogP contribution is 2.78. The fraction of sp³-hybridized carbons (Fsp3) is 0.125. The Balaban J connectivity index is 1.59. The predicted octanol–water partition coefficient (Wildman–Crippen LogP) is 13.5. The molecule has 6 aromatic rings. The Morgan fingerprint density at radius 2 is 0.389 bits per heavy atom. The summed E-state index contributed by atoms with van der Waals surface area (Å²) in [5.41, 5.74) is 5.32. The second kappa shape index (κ2) is 22.6. The molecule has 7 rings (SSSR count). The fourth-order valence-corrected chi connectivity index (χ4v) is 15.5. The lowest BCUT2D eigenvalue weighted by Gasteiger charge is -2.33. The molecule has 0 aliphatic carbocycles. The topological polar surface area (TPSA) is 288 Å². The van der Waals surface area contributed by atoms with E-state index in [2.05, 4.69) is 30.9 Å². The number of benzene rings is 6. The minimum Gasteiger partial charge on any atom is -0.413 e. The highest BCUT2D eigenvalue weighted by Gasteiger charge is 2.49. The molecule has 21 nitrogen and oxygen atoms in total. The third kappa shape index (κ3) is 12.3. The first-order valence-corrected chi connectivity index (χ1v) is 26.1. The SMILES string of the molecule is C/C(=N\O)c1ccc(OP2(Oc3ccc(/C(C)=N/O)cc3)=NP(Oc3ccc(/C(C)=N/O)cc3)(Oc3ccc(/C(C)=N/O)cc3)=NP(Oc3ccc(/C(C)=N/O)cc3)(Oc3ccc(/C(C)=N/O)cc3)=N2)cc1. The molecule has 0 radical (unpaired) electrons. The summed E-state index contributed by atoms with van der Waals surface area (Å²) < 4.78 is 57.2. The van der Waals surface area contributed by atoms with Crippen molar-refractivity contribution >= 4 is 57.2 Å². The van der Waals surface area contributed by atoms with E-state index in [1.165, 1.54) is 0 Å². The van der Waals surface area contributed by atoms with Crippen molar-refractivity contribution in [2.45, 2.75) is 41.5 Å². The Morgan fingerprint density at radius 3 is 0.500 bits per heavy atom. The van der Waals surface area contributed by atoms with Crippen molar-refractivity contribution in [2.24, 2.45) is 44.5 Å². The van der Waals surface area contributed by atoms with Crippen LogP contribution in [-0.4, -0.2) is 65.5 Å². The molecule has 0 amide bonds. The van der Waals surface area contributed by atoms with Crippen LogP contribution >= 0.6 is 23.0 Å². The summed E-state index contributed by atoms with van der Waals surface area (Å²) >= 11 is 0. The van der Waals surface area contributed by atoms with E-state index in [0.29, 0.717) is 67.7 Å². The van der Waals surface area contributed by atoms with Gasteiger partial charge in [0.05, 0.1) is 34.3 Å². The van der Waals surface area contributed by atoms with Gasteiger partial charge < -0.3 is 58.4 Å². The number of nitrogens with zero attached hydrogens (tertiary/aromatic N) is 9. The molecule has 72 heavy (non-hydrogen) atoms. The predicted molar refractivity (Wildman–Crippen MR) is 274 cm³/mol. The van der Waals surface area contributed by atoms with Gasteiger partial charge in [0.2, 0.25) is 0 Å². The summed E-state index contributed by atoms with van der Waals surface area (Å²) in [6, 6.07) is 39.0. The van der Waals surface area contributed by atoms with Gasteiger partial charge in [0.25, 0.3) is 0 Å². The van der Waals surface area contributed by atoms with E-state index in [-0.39, 0.29) is 34.5 Å². The Hall–Kier alpha value is -8.37. The van der Waals surface area contributed by atoms with Gasteiger partial charge in [-0.05, 0) is 221 Å². The molecular weight excluding hydrogens is 988 g/mol. The van der Waals surface area contributed by atoms with Crippen LogP contribution in [0.2, 0.25) is 0 Å². The van der Waals surface area contributed by atoms with Gasteiger partial charge in [-0.2, -0.15) is 0 Å². The van der Waals surface area contributed by atoms with Gasteiger partial charge in [-0.25, -0.2) is 0 Å². The lowest BCUT2D eigenvalue weighted by Crippen LogP contribution is -2.11. The van der Waals surface area contributed by atoms with Crippen LogP contribution in [0.3, 0.4) is 0 Å². The Labute approximate surface area is 413 Å². The van der Waals surface area contributed by atoms with Crippen LogP contribution < -0.4 is 27.1 Å². The third-order valence-electron chi connectivity index (χ3n) is 10.6. The highest BCUT2D eigenvalue weighted by atomic mass is 31.3. The number of hydrogen-bond donors (Lipinski definition) is 6. The zero-order valence-electron chi connectivity index (χ0n) is 39.4. The molecule has 24 heteroatoms. The molecule has 0 saturated heterocycles. The van der Waals surface area contributed by atoms with E-state index in [0.717, 1.165) is 0 Å². The van der Waals surface area contributed by atoms with E-state index in [1.807, 2.05) is 0 Å². The first kappa shape index (κ1) is 51.5. The summed E-state index contributed by atoms with van der Waals surface area (Å²) in [4.78, 5) is 0. The smallest absolute Gasteiger partial charge is 0.413 e. The molecule has 0 atom stereocenters. The maximum atomic E-state index is 9.58. The Bertz CT molecular complexity index is 2700. The minimum atomic E-state index is -4.45. The van der Waals surface area contributed by atoms with Gasteiger partial charge in [0.15, 0.2) is 0 Å². The molecule has 0 bridgehead atoms. The van der Waals surface area contributed by atoms with Crippen LogP contribution in [0.25, 0.3) is 0 Å². The van der Waals surface area contributed by atoms with Crippen molar-refractivity contribution < 1.29 is 58.4 Å². The van der Waals surface area contributed by atoms with E-state index >= 15 is 0 Å². The monoisotopic (exact) mass is 1040 g/mol. The molecule has 0 unspecified atom stereocenters. The van der Waals surface area contributed by atoms with Gasteiger partial charge in [-0.1, -0.05) is 44.5 Å². The molecular formula is C48H48N9O12P3. The molecule has 1 aliphatic heterocycles. The van der Waals surface area contributed by atoms with Crippen molar-refractivity contribution in [1.82, 2.24) is 0 Å². The number of hydrogen-bond acceptors (Lipinski definition) is 21. The molecule has 0 fully saturated rings. The Morgan fingerprint density at radius 1 is 0.264 bits per heavy atom. The van der Waals surface area contributed by atoms with Gasteiger partial charge >= 0.3 is 23.0 Å². The quantitative estimate of drug-likeness (QED) is 0.0203. The first-order chi connectivity index (χ1) is 34.6. The van der Waals surface area contributed by atoms with E-state index in [1.54, 1.807) is 187 Å². The van der Waals surface area contributed by atoms with Crippen LogP contribution in [-0.2, 0) is 0 Å². The van der Waals surface area contributed by atoms with Crippen molar-refractivity contribution in [3.63, 3.8) is 0 Å². The summed E-state index contributed by atoms with van der Waals surface area (Å²) in [7, 11) is -13.3. The molecule has 372 valence electrons. The van der Waals surface area contributed by atoms with Crippen molar-refractivity contribution in [3.05, 3.63) is 179 Å². The average Bonchev–Trinajstić information content (AvgIpc) is 3.40. The fourth-order valence-electron chi connectivity index (χ4n) is 6.47. The zero-order chi connectivity index (χ0) is 51.5. The van der Waals surface area contributed by atoms with Crippen LogP contribution in [0.4, 0.5) is 0 Å². The van der Waals surface area contributed by atoms with E-state index in [9.17, 15) is 31.2 Å². The standard InChI is InChI=1S/C48H48N9O12P3/c1-31(49-58)37-7-19-43(20-8-37)64-70(65-44-21-9-38(10-22-44)32(2)50-59)55-71(66-45-23-11-39(12-24-45)33(3)51-60,67-46-25-13-40(14-26-46)34(4)52-61)57-72(56-70,68-47-27-15-41(16-28-47)35(5)53-62)69-48-29-17-42(18-30-48)36(6)54-63/h7-30,58-63H,1-6H3/b49-31+,50-32+,51-33+,52-34+,53-35+,54-36+. The summed E-state index contributed by atoms with van der Waals surface area (Å²) in [5.74, 6) is 1.00. The zero-order valence-corrected chi connectivity index (χ0v) is 42.0. The average molecular weight is 1040 g/mol. The van der Waals surface area contributed by atoms with Crippen molar-refractivity contribution in [2.75, 3.05) is 0 Å². The molecule has 1 heterocycles. The molecule has 0 aromatic heterocycles. The van der Waals surface area contributed by atoms with Gasteiger partial charge in [-0.15, -0.1) is 0 Å². The van der Waals surface area contributed by atoms with Crippen molar-refractivity contribution in [1.29, 1.82) is 0 Å².